The summed E-state index contributed by atoms with van der Waals surface area (Å²) in [5.41, 5.74) is 2.31. The Labute approximate surface area is 100 Å². The number of aromatic nitrogens is 1. The van der Waals surface area contributed by atoms with Gasteiger partial charge in [0.15, 0.2) is 0 Å². The van der Waals surface area contributed by atoms with Crippen LogP contribution >= 0.6 is 15.9 Å². The maximum Gasteiger partial charge on any atom is 0.143 e. The highest BCUT2D eigenvalue weighted by molar-refractivity contribution is 9.10. The number of nitrogens with zero attached hydrogens (tertiary/aromatic N) is 2. The topological polar surface area (TPSA) is 16.1 Å². The second-order valence-corrected chi connectivity index (χ2v) is 4.64. The van der Waals surface area contributed by atoms with Crippen LogP contribution < -0.4 is 4.90 Å². The molecule has 3 heteroatoms. The summed E-state index contributed by atoms with van der Waals surface area (Å²) >= 11 is 3.54. The lowest BCUT2D eigenvalue weighted by Crippen LogP contribution is -2.25. The number of hydrogen-bond donors (Lipinski definition) is 0. The Hall–Kier alpha value is -0.830. The van der Waals surface area contributed by atoms with Crippen LogP contribution in [0.3, 0.4) is 0 Å². The van der Waals surface area contributed by atoms with Crippen molar-refractivity contribution in [3.05, 3.63) is 34.5 Å². The molecule has 0 saturated heterocycles. The molecule has 1 rings (SSSR count). The van der Waals surface area contributed by atoms with E-state index in [4.69, 9.17) is 0 Å². The van der Waals surface area contributed by atoms with Crippen molar-refractivity contribution < 1.29 is 0 Å². The minimum Gasteiger partial charge on any atom is -0.352 e. The molecule has 2 nitrogen and oxygen atoms in total. The smallest absolute Gasteiger partial charge is 0.143 e. The number of anilines is 1. The largest absolute Gasteiger partial charge is 0.352 e. The number of rotatable bonds is 4. The van der Waals surface area contributed by atoms with E-state index in [1.165, 1.54) is 0 Å². The maximum atomic E-state index is 4.44. The molecule has 1 heterocycles. The van der Waals surface area contributed by atoms with E-state index in [0.29, 0.717) is 0 Å². The number of pyridine rings is 1. The molecule has 0 unspecified atom stereocenters. The van der Waals surface area contributed by atoms with Crippen molar-refractivity contribution in [3.8, 4) is 0 Å². The summed E-state index contributed by atoms with van der Waals surface area (Å²) in [6.45, 7) is 11.9. The number of aryl methyl sites for hydroxylation is 1. The van der Waals surface area contributed by atoms with Gasteiger partial charge in [0.1, 0.15) is 5.82 Å². The lowest BCUT2D eigenvalue weighted by Gasteiger charge is -2.23. The second kappa shape index (κ2) is 5.31. The van der Waals surface area contributed by atoms with Crippen molar-refractivity contribution in [3.63, 3.8) is 0 Å². The molecule has 15 heavy (non-hydrogen) atoms. The van der Waals surface area contributed by atoms with E-state index in [1.54, 1.807) is 0 Å². The molecule has 0 aliphatic rings. The van der Waals surface area contributed by atoms with Gasteiger partial charge in [0.05, 0.1) is 4.47 Å². The minimum absolute atomic E-state index is 0.852. The van der Waals surface area contributed by atoms with Crippen molar-refractivity contribution in [1.82, 2.24) is 4.98 Å². The zero-order chi connectivity index (χ0) is 11.4. The van der Waals surface area contributed by atoms with Crippen molar-refractivity contribution in [2.75, 3.05) is 18.0 Å². The lowest BCUT2D eigenvalue weighted by atomic mass is 10.3. The second-order valence-electron chi connectivity index (χ2n) is 3.79. The van der Waals surface area contributed by atoms with Crippen molar-refractivity contribution in [2.24, 2.45) is 0 Å². The standard InChI is InChI=1S/C12H17BrN2/c1-5-15(8-9(2)3)12-11(13)6-10(4)7-14-12/h6-7H,2,5,8H2,1,3-4H3. The molecule has 0 amide bonds. The Morgan fingerprint density at radius 3 is 2.73 bits per heavy atom. The minimum atomic E-state index is 0.852. The Bertz CT molecular complexity index is 361. The van der Waals surface area contributed by atoms with Crippen LogP contribution in [0.1, 0.15) is 19.4 Å². The van der Waals surface area contributed by atoms with Crippen LogP contribution in [-0.4, -0.2) is 18.1 Å². The molecule has 0 aliphatic heterocycles. The normalized spacial score (nSPS) is 10.1. The third kappa shape index (κ3) is 3.34. The first-order valence-electron chi connectivity index (χ1n) is 5.06. The molecule has 1 aromatic rings. The number of halogens is 1. The summed E-state index contributed by atoms with van der Waals surface area (Å²) in [5, 5.41) is 0. The Balaban J connectivity index is 2.96. The molecule has 0 fully saturated rings. The van der Waals surface area contributed by atoms with Crippen molar-refractivity contribution in [2.45, 2.75) is 20.8 Å². The highest BCUT2D eigenvalue weighted by Crippen LogP contribution is 2.24. The van der Waals surface area contributed by atoms with Gasteiger partial charge in [-0.3, -0.25) is 0 Å². The molecule has 0 aliphatic carbocycles. The molecule has 0 atom stereocenters. The van der Waals surface area contributed by atoms with Crippen molar-refractivity contribution in [1.29, 1.82) is 0 Å². The fourth-order valence-corrected chi connectivity index (χ4v) is 2.14. The summed E-state index contributed by atoms with van der Waals surface area (Å²) in [5.74, 6) is 0.992. The first-order valence-corrected chi connectivity index (χ1v) is 5.85. The Kier molecular flexibility index (Phi) is 4.33. The van der Waals surface area contributed by atoms with Gasteiger partial charge in [0.2, 0.25) is 0 Å². The van der Waals surface area contributed by atoms with Crippen molar-refractivity contribution >= 4 is 21.7 Å². The lowest BCUT2D eigenvalue weighted by molar-refractivity contribution is 0.855. The van der Waals surface area contributed by atoms with E-state index in [9.17, 15) is 0 Å². The van der Waals surface area contributed by atoms with Gasteiger partial charge in [-0.1, -0.05) is 12.2 Å². The summed E-state index contributed by atoms with van der Waals surface area (Å²) in [4.78, 5) is 6.64. The molecule has 0 radical (unpaired) electrons. The monoisotopic (exact) mass is 268 g/mol. The van der Waals surface area contributed by atoms with E-state index in [1.807, 2.05) is 20.0 Å². The maximum absolute atomic E-state index is 4.44. The third-order valence-electron chi connectivity index (χ3n) is 2.10. The van der Waals surface area contributed by atoms with Gasteiger partial charge in [-0.2, -0.15) is 0 Å². The molecule has 0 spiro atoms. The first-order chi connectivity index (χ1) is 7.04. The Morgan fingerprint density at radius 1 is 1.60 bits per heavy atom. The van der Waals surface area contributed by atoms with Crippen LogP contribution in [0, 0.1) is 6.92 Å². The predicted octanol–water partition coefficient (Wildman–Crippen LogP) is 3.55. The highest BCUT2D eigenvalue weighted by atomic mass is 79.9. The van der Waals surface area contributed by atoms with Crippen LogP contribution in [0.2, 0.25) is 0 Å². The molecule has 0 N–H and O–H groups in total. The SMILES string of the molecule is C=C(C)CN(CC)c1ncc(C)cc1Br. The summed E-state index contributed by atoms with van der Waals surface area (Å²) in [6, 6.07) is 2.09. The highest BCUT2D eigenvalue weighted by Gasteiger charge is 2.09. The average molecular weight is 269 g/mol. The van der Waals surface area contributed by atoms with Gasteiger partial charge in [-0.25, -0.2) is 4.98 Å². The molecule has 0 bridgehead atoms. The van der Waals surface area contributed by atoms with Crippen LogP contribution in [0.5, 0.6) is 0 Å². The molecular weight excluding hydrogens is 252 g/mol. The van der Waals surface area contributed by atoms with Crippen LogP contribution in [0.4, 0.5) is 5.82 Å². The van der Waals surface area contributed by atoms with Crippen LogP contribution in [-0.2, 0) is 0 Å². The van der Waals surface area contributed by atoms with Gasteiger partial charge >= 0.3 is 0 Å². The van der Waals surface area contributed by atoms with E-state index in [-0.39, 0.29) is 0 Å². The summed E-state index contributed by atoms with van der Waals surface area (Å²) in [7, 11) is 0. The number of likely N-dealkylation sites (N-methyl/N-ethyl adjacent to an activating group) is 1. The molecule has 0 saturated carbocycles. The van der Waals surface area contributed by atoms with Gasteiger partial charge < -0.3 is 4.90 Å². The van der Waals surface area contributed by atoms with E-state index >= 15 is 0 Å². The number of hydrogen-bond acceptors (Lipinski definition) is 2. The third-order valence-corrected chi connectivity index (χ3v) is 2.68. The average Bonchev–Trinajstić information content (AvgIpc) is 2.14. The van der Waals surface area contributed by atoms with Crippen LogP contribution in [0.25, 0.3) is 0 Å². The van der Waals surface area contributed by atoms with Gasteiger partial charge in [0, 0.05) is 19.3 Å². The van der Waals surface area contributed by atoms with Gasteiger partial charge in [0.25, 0.3) is 0 Å². The zero-order valence-electron chi connectivity index (χ0n) is 9.55. The van der Waals surface area contributed by atoms with Gasteiger partial charge in [-0.15, -0.1) is 0 Å². The molecule has 1 aromatic heterocycles. The van der Waals surface area contributed by atoms with E-state index < -0.39 is 0 Å². The molecule has 0 aromatic carbocycles. The quantitative estimate of drug-likeness (QED) is 0.777. The Morgan fingerprint density at radius 2 is 2.27 bits per heavy atom. The fourth-order valence-electron chi connectivity index (χ4n) is 1.42. The first kappa shape index (κ1) is 12.2. The van der Waals surface area contributed by atoms with E-state index in [0.717, 1.165) is 34.5 Å². The molecule has 82 valence electrons. The zero-order valence-corrected chi connectivity index (χ0v) is 11.1. The summed E-state index contributed by atoms with van der Waals surface area (Å²) < 4.78 is 1.05. The van der Waals surface area contributed by atoms with E-state index in [2.05, 4.69) is 45.4 Å². The predicted molar refractivity (Wildman–Crippen MR) is 69.4 cm³/mol. The van der Waals surface area contributed by atoms with Crippen LogP contribution in [0.15, 0.2) is 28.9 Å². The van der Waals surface area contributed by atoms with Gasteiger partial charge in [-0.05, 0) is 48.3 Å². The fraction of sp³-hybridized carbons (Fsp3) is 0.417. The summed E-state index contributed by atoms with van der Waals surface area (Å²) in [6.07, 6.45) is 1.89. The molecular formula is C12H17BrN2.